The topological polar surface area (TPSA) is 83.5 Å². The van der Waals surface area contributed by atoms with E-state index in [4.69, 9.17) is 0 Å². The highest BCUT2D eigenvalue weighted by Crippen LogP contribution is 2.40. The molecule has 1 aromatic carbocycles. The molecular weight excluding hydrogens is 334 g/mol. The summed E-state index contributed by atoms with van der Waals surface area (Å²) in [6.45, 7) is 1.42. The molecule has 19 heavy (non-hydrogen) atoms. The Balaban J connectivity index is 2.36. The molecule has 0 spiro atoms. The van der Waals surface area contributed by atoms with Crippen molar-refractivity contribution in [2.24, 2.45) is 5.92 Å². The van der Waals surface area contributed by atoms with Crippen LogP contribution >= 0.6 is 15.9 Å². The van der Waals surface area contributed by atoms with Gasteiger partial charge in [-0.05, 0) is 53.7 Å². The molecule has 0 heterocycles. The highest BCUT2D eigenvalue weighted by molar-refractivity contribution is 9.10. The standard InChI is InChI=1S/C12H14BrNO4S/c1-12(11(15)16,8-6-7-8)14-19(17,18)10-5-3-2-4-9(10)13/h2-5,8,14H,6-7H2,1H3,(H,15,16). The van der Waals surface area contributed by atoms with Crippen molar-refractivity contribution in [3.63, 3.8) is 0 Å². The summed E-state index contributed by atoms with van der Waals surface area (Å²) in [5, 5.41) is 9.28. The fourth-order valence-corrected chi connectivity index (χ4v) is 4.39. The highest BCUT2D eigenvalue weighted by Gasteiger charge is 2.50. The number of sulfonamides is 1. The summed E-state index contributed by atoms with van der Waals surface area (Å²) in [7, 11) is -3.88. The summed E-state index contributed by atoms with van der Waals surface area (Å²) in [6, 6.07) is 6.32. The van der Waals surface area contributed by atoms with Gasteiger partial charge in [0.05, 0.1) is 4.90 Å². The molecule has 1 aliphatic carbocycles. The summed E-state index contributed by atoms with van der Waals surface area (Å²) in [5.41, 5.74) is -1.45. The van der Waals surface area contributed by atoms with E-state index in [9.17, 15) is 18.3 Å². The second-order valence-corrected chi connectivity index (χ2v) is 7.32. The fourth-order valence-electron chi connectivity index (χ4n) is 1.96. The van der Waals surface area contributed by atoms with Gasteiger partial charge in [-0.25, -0.2) is 8.42 Å². The lowest BCUT2D eigenvalue weighted by atomic mass is 9.98. The second-order valence-electron chi connectivity index (χ2n) is 4.82. The van der Waals surface area contributed by atoms with Crippen molar-refractivity contribution in [3.05, 3.63) is 28.7 Å². The quantitative estimate of drug-likeness (QED) is 0.852. The molecule has 2 N–H and O–H groups in total. The number of benzene rings is 1. The molecule has 7 heteroatoms. The first-order chi connectivity index (χ1) is 8.77. The third kappa shape index (κ3) is 2.82. The number of aliphatic carboxylic acids is 1. The molecule has 1 aromatic rings. The average molecular weight is 348 g/mol. The zero-order valence-corrected chi connectivity index (χ0v) is 12.7. The molecule has 0 bridgehead atoms. The Hall–Kier alpha value is -0.920. The van der Waals surface area contributed by atoms with Crippen LogP contribution in [0.25, 0.3) is 0 Å². The van der Waals surface area contributed by atoms with Crippen LogP contribution in [-0.2, 0) is 14.8 Å². The third-order valence-corrected chi connectivity index (χ3v) is 5.89. The number of hydrogen-bond acceptors (Lipinski definition) is 3. The summed E-state index contributed by atoms with van der Waals surface area (Å²) >= 11 is 3.16. The number of halogens is 1. The Morgan fingerprint density at radius 2 is 2.00 bits per heavy atom. The second kappa shape index (κ2) is 4.88. The first-order valence-corrected chi connectivity index (χ1v) is 8.07. The first kappa shape index (κ1) is 14.5. The van der Waals surface area contributed by atoms with E-state index in [0.717, 1.165) is 12.8 Å². The maximum atomic E-state index is 12.3. The zero-order valence-electron chi connectivity index (χ0n) is 10.3. The molecule has 5 nitrogen and oxygen atoms in total. The summed E-state index contributed by atoms with van der Waals surface area (Å²) in [4.78, 5) is 11.4. The molecule has 1 atom stereocenters. The molecule has 2 rings (SSSR count). The molecule has 1 unspecified atom stereocenters. The summed E-state index contributed by atoms with van der Waals surface area (Å²) < 4.78 is 27.3. The van der Waals surface area contributed by atoms with Gasteiger partial charge < -0.3 is 5.11 Å². The van der Waals surface area contributed by atoms with Crippen LogP contribution in [0, 0.1) is 5.92 Å². The maximum Gasteiger partial charge on any atom is 0.324 e. The van der Waals surface area contributed by atoms with Crippen molar-refractivity contribution in [3.8, 4) is 0 Å². The minimum Gasteiger partial charge on any atom is -0.480 e. The molecule has 0 amide bonds. The third-order valence-electron chi connectivity index (χ3n) is 3.31. The van der Waals surface area contributed by atoms with E-state index < -0.39 is 21.5 Å². The number of nitrogens with one attached hydrogen (secondary N) is 1. The lowest BCUT2D eigenvalue weighted by Crippen LogP contribution is -2.53. The molecule has 0 aromatic heterocycles. The van der Waals surface area contributed by atoms with Gasteiger partial charge in [0.1, 0.15) is 5.54 Å². The minimum atomic E-state index is -3.88. The van der Waals surface area contributed by atoms with E-state index in [1.165, 1.54) is 13.0 Å². The van der Waals surface area contributed by atoms with Crippen LogP contribution in [0.3, 0.4) is 0 Å². The SMILES string of the molecule is CC(NS(=O)(=O)c1ccccc1Br)(C(=O)O)C1CC1. The van der Waals surface area contributed by atoms with Gasteiger partial charge in [0.2, 0.25) is 10.0 Å². The van der Waals surface area contributed by atoms with Gasteiger partial charge in [0.25, 0.3) is 0 Å². The van der Waals surface area contributed by atoms with Gasteiger partial charge in [-0.15, -0.1) is 0 Å². The summed E-state index contributed by atoms with van der Waals surface area (Å²) in [6.07, 6.45) is 1.45. The van der Waals surface area contributed by atoms with Crippen LogP contribution in [0.15, 0.2) is 33.6 Å². The number of carboxylic acids is 1. The van der Waals surface area contributed by atoms with E-state index in [2.05, 4.69) is 20.7 Å². The molecule has 1 aliphatic rings. The maximum absolute atomic E-state index is 12.3. The average Bonchev–Trinajstić information content (AvgIpc) is 3.12. The van der Waals surface area contributed by atoms with Gasteiger partial charge in [-0.3, -0.25) is 4.79 Å². The monoisotopic (exact) mass is 347 g/mol. The van der Waals surface area contributed by atoms with E-state index in [1.54, 1.807) is 18.2 Å². The Bertz CT molecular complexity index is 612. The predicted octanol–water partition coefficient (Wildman–Crippen LogP) is 1.98. The van der Waals surface area contributed by atoms with Gasteiger partial charge in [0.15, 0.2) is 0 Å². The Morgan fingerprint density at radius 3 is 2.47 bits per heavy atom. The van der Waals surface area contributed by atoms with Crippen LogP contribution in [0.4, 0.5) is 0 Å². The van der Waals surface area contributed by atoms with Crippen LogP contribution in [0.1, 0.15) is 19.8 Å². The highest BCUT2D eigenvalue weighted by atomic mass is 79.9. The number of carboxylic acid groups (broad SMARTS) is 1. The minimum absolute atomic E-state index is 0.0446. The number of hydrogen-bond donors (Lipinski definition) is 2. The molecule has 104 valence electrons. The Labute approximate surface area is 120 Å². The molecule has 1 saturated carbocycles. The van der Waals surface area contributed by atoms with Crippen molar-refractivity contribution in [1.82, 2.24) is 4.72 Å². The van der Waals surface area contributed by atoms with Crippen molar-refractivity contribution >= 4 is 31.9 Å². The molecule has 0 saturated heterocycles. The van der Waals surface area contributed by atoms with E-state index in [1.807, 2.05) is 0 Å². The first-order valence-electron chi connectivity index (χ1n) is 5.79. The zero-order chi connectivity index (χ0) is 14.3. The van der Waals surface area contributed by atoms with Crippen molar-refractivity contribution < 1.29 is 18.3 Å². The van der Waals surface area contributed by atoms with Crippen molar-refractivity contribution in [2.45, 2.75) is 30.2 Å². The molecule has 0 aliphatic heterocycles. The van der Waals surface area contributed by atoms with E-state index in [-0.39, 0.29) is 10.8 Å². The lowest BCUT2D eigenvalue weighted by Gasteiger charge is -2.26. The van der Waals surface area contributed by atoms with Gasteiger partial charge in [-0.1, -0.05) is 12.1 Å². The fraction of sp³-hybridized carbons (Fsp3) is 0.417. The van der Waals surface area contributed by atoms with Gasteiger partial charge >= 0.3 is 5.97 Å². The number of rotatable bonds is 5. The van der Waals surface area contributed by atoms with Crippen molar-refractivity contribution in [2.75, 3.05) is 0 Å². The summed E-state index contributed by atoms with van der Waals surface area (Å²) in [5.74, 6) is -1.30. The van der Waals surface area contributed by atoms with E-state index >= 15 is 0 Å². The van der Waals surface area contributed by atoms with Crippen LogP contribution in [0.2, 0.25) is 0 Å². The largest absolute Gasteiger partial charge is 0.480 e. The molecule has 0 radical (unpaired) electrons. The molecular formula is C12H14BrNO4S. The normalized spacial score (nSPS) is 18.8. The Morgan fingerprint density at radius 1 is 1.42 bits per heavy atom. The van der Waals surface area contributed by atoms with Gasteiger partial charge in [0, 0.05) is 4.47 Å². The predicted molar refractivity (Wildman–Crippen MR) is 73.2 cm³/mol. The van der Waals surface area contributed by atoms with Gasteiger partial charge in [-0.2, -0.15) is 4.72 Å². The van der Waals surface area contributed by atoms with Crippen LogP contribution in [0.5, 0.6) is 0 Å². The smallest absolute Gasteiger partial charge is 0.324 e. The number of carbonyl (C=O) groups is 1. The molecule has 1 fully saturated rings. The van der Waals surface area contributed by atoms with Crippen LogP contribution in [-0.4, -0.2) is 25.0 Å². The van der Waals surface area contributed by atoms with Crippen molar-refractivity contribution in [1.29, 1.82) is 0 Å². The van der Waals surface area contributed by atoms with Crippen LogP contribution < -0.4 is 4.72 Å². The van der Waals surface area contributed by atoms with E-state index in [0.29, 0.717) is 4.47 Å². The lowest BCUT2D eigenvalue weighted by molar-refractivity contribution is -0.144. The Kier molecular flexibility index (Phi) is 3.72.